The van der Waals surface area contributed by atoms with Crippen LogP contribution >= 0.6 is 23.6 Å². The monoisotopic (exact) mass is 457 g/mol. The maximum atomic E-state index is 12.9. The molecule has 8 nitrogen and oxygen atoms in total. The topological polar surface area (TPSA) is 94.1 Å². The third-order valence-electron chi connectivity index (χ3n) is 4.82. The number of thiazole rings is 1. The molecule has 160 valence electrons. The largest absolute Gasteiger partial charge is 0.497 e. The molecule has 4 rings (SSSR count). The smallest absolute Gasteiger partial charge is 0.265 e. The highest BCUT2D eigenvalue weighted by molar-refractivity contribution is 7.73. The molecule has 10 heteroatoms. The minimum atomic E-state index is -0.356. The van der Waals surface area contributed by atoms with E-state index in [2.05, 4.69) is 10.3 Å². The summed E-state index contributed by atoms with van der Waals surface area (Å²) < 4.78 is 18.0. The van der Waals surface area contributed by atoms with Gasteiger partial charge in [-0.2, -0.15) is 0 Å². The number of rotatable bonds is 6. The minimum absolute atomic E-state index is 0.301. The zero-order valence-electron chi connectivity index (χ0n) is 17.0. The van der Waals surface area contributed by atoms with E-state index in [1.807, 2.05) is 24.3 Å². The number of aromatic nitrogens is 2. The average Bonchev–Trinajstić information content (AvgIpc) is 3.12. The first-order valence-electron chi connectivity index (χ1n) is 9.21. The van der Waals surface area contributed by atoms with Crippen molar-refractivity contribution in [1.82, 2.24) is 14.7 Å². The molecule has 0 aliphatic heterocycles. The van der Waals surface area contributed by atoms with Crippen LogP contribution in [0.15, 0.2) is 41.2 Å². The van der Waals surface area contributed by atoms with E-state index in [0.29, 0.717) is 49.2 Å². The molecule has 0 spiro atoms. The van der Waals surface area contributed by atoms with Crippen LogP contribution in [-0.4, -0.2) is 36.6 Å². The first-order chi connectivity index (χ1) is 15.0. The van der Waals surface area contributed by atoms with Crippen LogP contribution in [0.5, 0.6) is 17.2 Å². The number of nitrogens with one attached hydrogen (secondary N) is 2. The molecule has 0 bridgehead atoms. The van der Waals surface area contributed by atoms with Gasteiger partial charge in [-0.05, 0) is 36.0 Å². The maximum absolute atomic E-state index is 12.9. The molecular weight excluding hydrogens is 438 g/mol. The Labute approximate surface area is 186 Å². The first kappa shape index (κ1) is 20.9. The molecule has 2 aromatic heterocycles. The Morgan fingerprint density at radius 3 is 2.58 bits per heavy atom. The van der Waals surface area contributed by atoms with Gasteiger partial charge in [-0.3, -0.25) is 14.0 Å². The number of benzene rings is 2. The molecule has 0 unspecified atom stereocenters. The summed E-state index contributed by atoms with van der Waals surface area (Å²) >= 11 is 6.63. The highest BCUT2D eigenvalue weighted by Crippen LogP contribution is 2.32. The number of methoxy groups -OCH3 is 3. The number of H-pyrrole nitrogens is 1. The Morgan fingerprint density at radius 1 is 1.13 bits per heavy atom. The van der Waals surface area contributed by atoms with Gasteiger partial charge in [0.15, 0.2) is 15.5 Å². The van der Waals surface area contributed by atoms with E-state index < -0.39 is 0 Å². The van der Waals surface area contributed by atoms with Gasteiger partial charge in [-0.25, -0.2) is 0 Å². The lowest BCUT2D eigenvalue weighted by molar-refractivity contribution is 0.0956. The summed E-state index contributed by atoms with van der Waals surface area (Å²) in [5, 5.41) is 3.25. The maximum Gasteiger partial charge on any atom is 0.265 e. The molecule has 0 aliphatic carbocycles. The number of amides is 1. The molecule has 0 saturated carbocycles. The van der Waals surface area contributed by atoms with Gasteiger partial charge >= 0.3 is 0 Å². The van der Waals surface area contributed by atoms with Gasteiger partial charge in [0.2, 0.25) is 0 Å². The van der Waals surface area contributed by atoms with Crippen molar-refractivity contribution in [3.05, 3.63) is 61.1 Å². The third kappa shape index (κ3) is 3.75. The lowest BCUT2D eigenvalue weighted by atomic mass is 10.2. The Balaban J connectivity index is 1.78. The normalized spacial score (nSPS) is 10.9. The number of nitrogens with zero attached hydrogens (tertiary/aromatic N) is 1. The molecule has 4 aromatic rings. The summed E-state index contributed by atoms with van der Waals surface area (Å²) in [6.45, 7) is 0.301. The quantitative estimate of drug-likeness (QED) is 0.430. The van der Waals surface area contributed by atoms with Crippen molar-refractivity contribution in [2.75, 3.05) is 21.3 Å². The highest BCUT2D eigenvalue weighted by Gasteiger charge is 2.19. The Hall–Kier alpha value is -3.37. The molecular formula is C21H19N3O5S2. The summed E-state index contributed by atoms with van der Waals surface area (Å²) in [6.07, 6.45) is 0. The van der Waals surface area contributed by atoms with Crippen molar-refractivity contribution < 1.29 is 19.0 Å². The fraction of sp³-hybridized carbons (Fsp3) is 0.190. The Kier molecular flexibility index (Phi) is 5.66. The van der Waals surface area contributed by atoms with Crippen LogP contribution in [0.25, 0.3) is 16.6 Å². The van der Waals surface area contributed by atoms with Crippen LogP contribution in [0.3, 0.4) is 0 Å². The number of hydrogen-bond donors (Lipinski definition) is 2. The molecule has 0 aliphatic rings. The molecule has 2 N–H and O–H groups in total. The van der Waals surface area contributed by atoms with E-state index in [1.165, 1.54) is 14.2 Å². The van der Waals surface area contributed by atoms with Crippen LogP contribution in [0.2, 0.25) is 0 Å². The van der Waals surface area contributed by atoms with Crippen LogP contribution in [-0.2, 0) is 6.54 Å². The first-order valence-corrected chi connectivity index (χ1v) is 10.4. The number of hydrogen-bond acceptors (Lipinski definition) is 7. The molecule has 0 fully saturated rings. The second kappa shape index (κ2) is 8.40. The van der Waals surface area contributed by atoms with Crippen molar-refractivity contribution >= 4 is 46.0 Å². The number of fused-ring (bicyclic) bond motifs is 3. The Bertz CT molecular complexity index is 1420. The third-order valence-corrected chi connectivity index (χ3v) is 6.20. The van der Waals surface area contributed by atoms with Crippen molar-refractivity contribution in [3.63, 3.8) is 0 Å². The highest BCUT2D eigenvalue weighted by atomic mass is 32.1. The minimum Gasteiger partial charge on any atom is -0.497 e. The van der Waals surface area contributed by atoms with Crippen LogP contribution in [0.1, 0.15) is 15.2 Å². The lowest BCUT2D eigenvalue weighted by Crippen LogP contribution is -2.23. The van der Waals surface area contributed by atoms with Gasteiger partial charge in [0.05, 0.1) is 32.2 Å². The molecule has 31 heavy (non-hydrogen) atoms. The molecule has 0 atom stereocenters. The second-order valence-corrected chi connectivity index (χ2v) is 8.24. The van der Waals surface area contributed by atoms with Crippen LogP contribution in [0, 0.1) is 3.95 Å². The number of carbonyl (C=O) groups is 1. The molecule has 0 radical (unpaired) electrons. The van der Waals surface area contributed by atoms with E-state index in [4.69, 9.17) is 26.4 Å². The summed E-state index contributed by atoms with van der Waals surface area (Å²) in [7, 11) is 4.60. The SMILES string of the molecule is COc1cccc(CNC(=O)c2sc(=S)n3c2[nH]c(=O)c2cc(OC)c(OC)cc23)c1. The zero-order valence-corrected chi connectivity index (χ0v) is 18.6. The number of ether oxygens (including phenoxy) is 3. The van der Waals surface area contributed by atoms with E-state index >= 15 is 0 Å². The fourth-order valence-electron chi connectivity index (χ4n) is 3.31. The Morgan fingerprint density at radius 2 is 1.87 bits per heavy atom. The molecule has 2 aromatic carbocycles. The molecule has 2 heterocycles. The zero-order chi connectivity index (χ0) is 22.1. The standard InChI is InChI=1S/C21H19N3O5S2/c1-27-12-6-4-5-11(7-12)10-22-20(26)17-18-23-19(25)13-8-15(28-2)16(29-3)9-14(13)24(18)21(30)31-17/h4-9H,10H2,1-3H3,(H,22,26)(H,23,25). The molecule has 0 saturated heterocycles. The van der Waals surface area contributed by atoms with Gasteiger partial charge in [-0.1, -0.05) is 23.5 Å². The van der Waals surface area contributed by atoms with E-state index in [-0.39, 0.29) is 11.5 Å². The van der Waals surface area contributed by atoms with E-state index in [1.54, 1.807) is 23.6 Å². The average molecular weight is 458 g/mol. The van der Waals surface area contributed by atoms with Crippen molar-refractivity contribution in [3.8, 4) is 17.2 Å². The van der Waals surface area contributed by atoms with Crippen molar-refractivity contribution in [1.29, 1.82) is 0 Å². The number of carbonyl (C=O) groups excluding carboxylic acids is 1. The fourth-order valence-corrected chi connectivity index (χ4v) is 4.61. The van der Waals surface area contributed by atoms with Crippen LogP contribution in [0.4, 0.5) is 0 Å². The lowest BCUT2D eigenvalue weighted by Gasteiger charge is -2.10. The van der Waals surface area contributed by atoms with Crippen molar-refractivity contribution in [2.24, 2.45) is 0 Å². The van der Waals surface area contributed by atoms with Crippen molar-refractivity contribution in [2.45, 2.75) is 6.54 Å². The van der Waals surface area contributed by atoms with E-state index in [0.717, 1.165) is 16.9 Å². The predicted octanol–water partition coefficient (Wildman–Crippen LogP) is 3.53. The summed E-state index contributed by atoms with van der Waals surface area (Å²) in [5.41, 5.74) is 1.40. The van der Waals surface area contributed by atoms with Gasteiger partial charge in [-0.15, -0.1) is 0 Å². The summed E-state index contributed by atoms with van der Waals surface area (Å²) in [6, 6.07) is 10.7. The number of aromatic amines is 1. The second-order valence-electron chi connectivity index (χ2n) is 6.59. The van der Waals surface area contributed by atoms with Crippen LogP contribution < -0.4 is 25.1 Å². The summed E-state index contributed by atoms with van der Waals surface area (Å²) in [5.74, 6) is 1.26. The van der Waals surface area contributed by atoms with Gasteiger partial charge < -0.3 is 24.5 Å². The van der Waals surface area contributed by atoms with Gasteiger partial charge in [0.25, 0.3) is 11.5 Å². The van der Waals surface area contributed by atoms with Gasteiger partial charge in [0, 0.05) is 12.6 Å². The molecule has 1 amide bonds. The van der Waals surface area contributed by atoms with Gasteiger partial charge in [0.1, 0.15) is 16.3 Å². The summed E-state index contributed by atoms with van der Waals surface area (Å²) in [4.78, 5) is 28.8. The predicted molar refractivity (Wildman–Crippen MR) is 122 cm³/mol. The van der Waals surface area contributed by atoms with E-state index in [9.17, 15) is 9.59 Å².